The molecule has 0 saturated carbocycles. The molecular weight excluding hydrogens is 523 g/mol. The number of benzene rings is 3. The summed E-state index contributed by atoms with van der Waals surface area (Å²) in [4.78, 5) is 28.7. The second-order valence-electron chi connectivity index (χ2n) is 9.14. The molecule has 0 aliphatic heterocycles. The van der Waals surface area contributed by atoms with E-state index in [1.807, 2.05) is 56.3 Å². The van der Waals surface area contributed by atoms with Crippen LogP contribution in [0, 0.1) is 0 Å². The molecule has 2 amide bonds. The largest absolute Gasteiger partial charge is 0.482 e. The number of hydrogen-bond acceptors (Lipinski definition) is 4. The molecule has 0 unspecified atom stereocenters. The quantitative estimate of drug-likeness (QED) is 0.249. The number of rotatable bonds is 14. The van der Waals surface area contributed by atoms with Crippen molar-refractivity contribution in [2.45, 2.75) is 45.4 Å². The summed E-state index contributed by atoms with van der Waals surface area (Å²) in [6.07, 6.45) is 1.14. The van der Waals surface area contributed by atoms with Crippen LogP contribution in [0.2, 0.25) is 10.0 Å². The van der Waals surface area contributed by atoms with Crippen LogP contribution in [0.4, 0.5) is 0 Å². The lowest BCUT2D eigenvalue weighted by atomic mass is 10.0. The number of hydrogen-bond donors (Lipinski definition) is 1. The molecule has 8 heteroatoms. The van der Waals surface area contributed by atoms with Gasteiger partial charge >= 0.3 is 0 Å². The fourth-order valence-electron chi connectivity index (χ4n) is 3.85. The van der Waals surface area contributed by atoms with Crippen LogP contribution in [0.3, 0.4) is 0 Å². The average Bonchev–Trinajstić information content (AvgIpc) is 2.91. The van der Waals surface area contributed by atoms with Crippen LogP contribution in [-0.2, 0) is 27.3 Å². The molecule has 0 aromatic heterocycles. The molecular formula is C30H34Cl2N2O4. The van der Waals surface area contributed by atoms with Gasteiger partial charge in [-0.25, -0.2) is 0 Å². The Morgan fingerprint density at radius 3 is 2.26 bits per heavy atom. The second-order valence-corrected chi connectivity index (χ2v) is 9.98. The van der Waals surface area contributed by atoms with Crippen LogP contribution in [-0.4, -0.2) is 48.6 Å². The third kappa shape index (κ3) is 9.67. The monoisotopic (exact) mass is 556 g/mol. The normalized spacial score (nSPS) is 11.7. The molecule has 6 nitrogen and oxygen atoms in total. The third-order valence-electron chi connectivity index (χ3n) is 5.80. The number of carbonyl (C=O) groups excluding carboxylic acids is 2. The molecule has 3 aromatic rings. The van der Waals surface area contributed by atoms with Gasteiger partial charge in [0.1, 0.15) is 11.8 Å². The van der Waals surface area contributed by atoms with Gasteiger partial charge in [0.2, 0.25) is 5.91 Å². The second kappa shape index (κ2) is 15.4. The van der Waals surface area contributed by atoms with E-state index in [0.29, 0.717) is 41.8 Å². The van der Waals surface area contributed by atoms with Gasteiger partial charge < -0.3 is 19.7 Å². The van der Waals surface area contributed by atoms with Gasteiger partial charge in [0.15, 0.2) is 6.61 Å². The van der Waals surface area contributed by atoms with Crippen molar-refractivity contribution in [3.05, 3.63) is 100 Å². The zero-order chi connectivity index (χ0) is 27.3. The summed E-state index contributed by atoms with van der Waals surface area (Å²) in [5, 5.41) is 4.00. The Morgan fingerprint density at radius 2 is 1.58 bits per heavy atom. The van der Waals surface area contributed by atoms with E-state index in [1.54, 1.807) is 41.3 Å². The number of ether oxygens (including phenoxy) is 2. The Morgan fingerprint density at radius 1 is 0.895 bits per heavy atom. The minimum Gasteiger partial charge on any atom is -0.482 e. The van der Waals surface area contributed by atoms with E-state index in [1.165, 1.54) is 0 Å². The number of halogens is 2. The summed E-state index contributed by atoms with van der Waals surface area (Å²) in [7, 11) is 0. The van der Waals surface area contributed by atoms with Gasteiger partial charge in [-0.2, -0.15) is 0 Å². The highest BCUT2D eigenvalue weighted by atomic mass is 35.5. The standard InChI is InChI=1S/C30H34Cl2N2O4/c1-22(2)37-18-8-17-33-30(36)27(19-23-9-4-3-5-10-23)34(20-24-13-15-25(31)16-14-24)29(35)21-38-28-12-7-6-11-26(28)32/h3-7,9-16,22,27H,8,17-21H2,1-2H3,(H,33,36)/t27-/m0/s1. The molecule has 0 fully saturated rings. The number of carbonyl (C=O) groups is 2. The van der Waals surface area contributed by atoms with Crippen molar-refractivity contribution in [3.63, 3.8) is 0 Å². The van der Waals surface area contributed by atoms with E-state index in [-0.39, 0.29) is 31.1 Å². The lowest BCUT2D eigenvalue weighted by Crippen LogP contribution is -2.52. The SMILES string of the molecule is CC(C)OCCCNC(=O)[C@H](Cc1ccccc1)N(Cc1ccc(Cl)cc1)C(=O)COc1ccccc1Cl. The van der Waals surface area contributed by atoms with Crippen LogP contribution >= 0.6 is 23.2 Å². The van der Waals surface area contributed by atoms with E-state index in [9.17, 15) is 9.59 Å². The van der Waals surface area contributed by atoms with Crippen LogP contribution in [0.15, 0.2) is 78.9 Å². The smallest absolute Gasteiger partial charge is 0.261 e. The molecule has 0 bridgehead atoms. The van der Waals surface area contributed by atoms with Crippen LogP contribution in [0.1, 0.15) is 31.4 Å². The third-order valence-corrected chi connectivity index (χ3v) is 6.36. The molecule has 0 aliphatic rings. The van der Waals surface area contributed by atoms with Gasteiger partial charge in [-0.15, -0.1) is 0 Å². The molecule has 38 heavy (non-hydrogen) atoms. The Kier molecular flexibility index (Phi) is 11.9. The van der Waals surface area contributed by atoms with Crippen molar-refractivity contribution in [1.82, 2.24) is 10.2 Å². The molecule has 3 rings (SSSR count). The number of nitrogens with one attached hydrogen (secondary N) is 1. The molecule has 202 valence electrons. The van der Waals surface area contributed by atoms with E-state index < -0.39 is 6.04 Å². The van der Waals surface area contributed by atoms with E-state index in [4.69, 9.17) is 32.7 Å². The molecule has 0 radical (unpaired) electrons. The van der Waals surface area contributed by atoms with Gasteiger partial charge in [-0.1, -0.05) is 77.8 Å². The summed E-state index contributed by atoms with van der Waals surface area (Å²) >= 11 is 12.3. The first-order chi connectivity index (χ1) is 18.3. The maximum atomic E-state index is 13.6. The maximum absolute atomic E-state index is 13.6. The van der Waals surface area contributed by atoms with Crippen molar-refractivity contribution in [1.29, 1.82) is 0 Å². The minimum atomic E-state index is -0.763. The Balaban J connectivity index is 1.83. The van der Waals surface area contributed by atoms with Crippen molar-refractivity contribution in [2.24, 2.45) is 0 Å². The van der Waals surface area contributed by atoms with Crippen LogP contribution in [0.5, 0.6) is 5.75 Å². The van der Waals surface area contributed by atoms with Crippen LogP contribution < -0.4 is 10.1 Å². The minimum absolute atomic E-state index is 0.127. The summed E-state index contributed by atoms with van der Waals surface area (Å²) in [5.41, 5.74) is 1.79. The van der Waals surface area contributed by atoms with E-state index >= 15 is 0 Å². The highest BCUT2D eigenvalue weighted by Crippen LogP contribution is 2.24. The molecule has 0 spiro atoms. The number of nitrogens with zero attached hydrogens (tertiary/aromatic N) is 1. The molecule has 0 aliphatic carbocycles. The van der Waals surface area contributed by atoms with Gasteiger partial charge in [-0.3, -0.25) is 9.59 Å². The summed E-state index contributed by atoms with van der Waals surface area (Å²) < 4.78 is 11.3. The fourth-order valence-corrected chi connectivity index (χ4v) is 4.16. The van der Waals surface area contributed by atoms with Gasteiger partial charge in [-0.05, 0) is 55.7 Å². The highest BCUT2D eigenvalue weighted by molar-refractivity contribution is 6.32. The molecule has 0 saturated heterocycles. The summed E-state index contributed by atoms with van der Waals surface area (Å²) in [6, 6.07) is 23.1. The van der Waals surface area contributed by atoms with Crippen LogP contribution in [0.25, 0.3) is 0 Å². The first-order valence-electron chi connectivity index (χ1n) is 12.7. The van der Waals surface area contributed by atoms with Crippen molar-refractivity contribution in [3.8, 4) is 5.75 Å². The summed E-state index contributed by atoms with van der Waals surface area (Å²) in [5.74, 6) is -0.166. The topological polar surface area (TPSA) is 67.9 Å². The number of para-hydroxylation sites is 1. The predicted octanol–water partition coefficient (Wildman–Crippen LogP) is 5.94. The Bertz CT molecular complexity index is 1160. The Labute approximate surface area is 234 Å². The number of amides is 2. The zero-order valence-corrected chi connectivity index (χ0v) is 23.3. The zero-order valence-electron chi connectivity index (χ0n) is 21.7. The van der Waals surface area contributed by atoms with Crippen molar-refractivity contribution < 1.29 is 19.1 Å². The summed E-state index contributed by atoms with van der Waals surface area (Å²) in [6.45, 7) is 4.87. The Hall–Kier alpha value is -3.06. The first-order valence-corrected chi connectivity index (χ1v) is 13.4. The van der Waals surface area contributed by atoms with Gasteiger partial charge in [0.05, 0.1) is 11.1 Å². The maximum Gasteiger partial charge on any atom is 0.261 e. The van der Waals surface area contributed by atoms with Crippen molar-refractivity contribution >= 4 is 35.0 Å². The molecule has 1 atom stereocenters. The first kappa shape index (κ1) is 29.5. The molecule has 3 aromatic carbocycles. The highest BCUT2D eigenvalue weighted by Gasteiger charge is 2.30. The van der Waals surface area contributed by atoms with E-state index in [0.717, 1.165) is 11.1 Å². The fraction of sp³-hybridized carbons (Fsp3) is 0.333. The lowest BCUT2D eigenvalue weighted by molar-refractivity contribution is -0.142. The molecule has 0 heterocycles. The van der Waals surface area contributed by atoms with Crippen molar-refractivity contribution in [2.75, 3.05) is 19.8 Å². The predicted molar refractivity (Wildman–Crippen MR) is 152 cm³/mol. The van der Waals surface area contributed by atoms with Gasteiger partial charge in [0, 0.05) is 31.1 Å². The lowest BCUT2D eigenvalue weighted by Gasteiger charge is -2.31. The average molecular weight is 558 g/mol. The van der Waals surface area contributed by atoms with Gasteiger partial charge in [0.25, 0.3) is 5.91 Å². The van der Waals surface area contributed by atoms with E-state index in [2.05, 4.69) is 5.32 Å². The molecule has 1 N–H and O–H groups in total.